The molecule has 32 heavy (non-hydrogen) atoms. The molecular formula is C25H22FN3O2S. The van der Waals surface area contributed by atoms with Gasteiger partial charge in [0.2, 0.25) is 5.91 Å². The Kier molecular flexibility index (Phi) is 6.56. The molecule has 0 aliphatic heterocycles. The Morgan fingerprint density at radius 2 is 1.69 bits per heavy atom. The van der Waals surface area contributed by atoms with Gasteiger partial charge >= 0.3 is 0 Å². The molecule has 1 heterocycles. The first-order valence-corrected chi connectivity index (χ1v) is 10.9. The highest BCUT2D eigenvalue weighted by Gasteiger charge is 2.09. The number of benzene rings is 3. The second kappa shape index (κ2) is 9.70. The SMILES string of the molecule is Cc1ccc(NC(=O)Cc2ccc(Oc3nc(Cc4ccc(F)cc4)ns3)cc2)cc1C. The Morgan fingerprint density at radius 1 is 0.969 bits per heavy atom. The molecule has 0 atom stereocenters. The average Bonchev–Trinajstić information content (AvgIpc) is 3.20. The summed E-state index contributed by atoms with van der Waals surface area (Å²) in [6.45, 7) is 4.06. The standard InChI is InChI=1S/C25H22FN3O2S/c1-16-3-10-21(13-17(16)2)27-24(30)15-19-6-11-22(12-7-19)31-25-28-23(29-32-25)14-18-4-8-20(26)9-5-18/h3-13H,14-15H2,1-2H3,(H,27,30). The van der Waals surface area contributed by atoms with E-state index in [0.717, 1.165) is 33.9 Å². The number of rotatable bonds is 7. The van der Waals surface area contributed by atoms with Gasteiger partial charge in [-0.05, 0) is 72.5 Å². The van der Waals surface area contributed by atoms with Crippen LogP contribution in [0, 0.1) is 19.7 Å². The summed E-state index contributed by atoms with van der Waals surface area (Å²) in [5.41, 5.74) is 4.94. The van der Waals surface area contributed by atoms with Crippen molar-refractivity contribution >= 4 is 23.1 Å². The summed E-state index contributed by atoms with van der Waals surface area (Å²) in [6, 6.07) is 19.5. The van der Waals surface area contributed by atoms with E-state index in [1.54, 1.807) is 24.3 Å². The normalized spacial score (nSPS) is 10.7. The second-order valence-electron chi connectivity index (χ2n) is 7.55. The van der Waals surface area contributed by atoms with Crippen molar-refractivity contribution < 1.29 is 13.9 Å². The van der Waals surface area contributed by atoms with E-state index in [0.29, 0.717) is 23.2 Å². The third-order valence-electron chi connectivity index (χ3n) is 5.01. The van der Waals surface area contributed by atoms with Crippen LogP contribution >= 0.6 is 11.5 Å². The van der Waals surface area contributed by atoms with E-state index in [9.17, 15) is 9.18 Å². The maximum Gasteiger partial charge on any atom is 0.298 e. The molecule has 0 spiro atoms. The van der Waals surface area contributed by atoms with E-state index in [-0.39, 0.29) is 18.1 Å². The van der Waals surface area contributed by atoms with E-state index in [1.807, 2.05) is 44.2 Å². The van der Waals surface area contributed by atoms with Crippen molar-refractivity contribution in [1.29, 1.82) is 0 Å². The Morgan fingerprint density at radius 3 is 2.41 bits per heavy atom. The number of carbonyl (C=O) groups is 1. The largest absolute Gasteiger partial charge is 0.430 e. The van der Waals surface area contributed by atoms with Crippen LogP contribution in [0.2, 0.25) is 0 Å². The zero-order chi connectivity index (χ0) is 22.5. The van der Waals surface area contributed by atoms with Gasteiger partial charge in [0, 0.05) is 23.6 Å². The molecule has 0 fully saturated rings. The number of aryl methyl sites for hydroxylation is 2. The van der Waals surface area contributed by atoms with Crippen LogP contribution in [0.5, 0.6) is 10.9 Å². The number of nitrogens with one attached hydrogen (secondary N) is 1. The van der Waals surface area contributed by atoms with Gasteiger partial charge < -0.3 is 10.1 Å². The van der Waals surface area contributed by atoms with Crippen LogP contribution < -0.4 is 10.1 Å². The third-order valence-corrected chi connectivity index (χ3v) is 5.64. The molecule has 4 rings (SSSR count). The van der Waals surface area contributed by atoms with Crippen LogP contribution in [0.25, 0.3) is 0 Å². The lowest BCUT2D eigenvalue weighted by Gasteiger charge is -2.08. The van der Waals surface area contributed by atoms with Crippen molar-refractivity contribution in [3.63, 3.8) is 0 Å². The summed E-state index contributed by atoms with van der Waals surface area (Å²) in [5, 5.41) is 3.36. The summed E-state index contributed by atoms with van der Waals surface area (Å²) < 4.78 is 23.1. The quantitative estimate of drug-likeness (QED) is 0.385. The summed E-state index contributed by atoms with van der Waals surface area (Å²) in [4.78, 5) is 16.7. The predicted molar refractivity (Wildman–Crippen MR) is 124 cm³/mol. The van der Waals surface area contributed by atoms with Crippen molar-refractivity contribution in [1.82, 2.24) is 9.36 Å². The number of halogens is 1. The fourth-order valence-electron chi connectivity index (χ4n) is 3.12. The molecule has 162 valence electrons. The predicted octanol–water partition coefficient (Wildman–Crippen LogP) is 5.86. The van der Waals surface area contributed by atoms with Crippen molar-refractivity contribution in [3.8, 4) is 10.9 Å². The molecule has 5 nitrogen and oxygen atoms in total. The van der Waals surface area contributed by atoms with Gasteiger partial charge in [0.25, 0.3) is 5.19 Å². The lowest BCUT2D eigenvalue weighted by atomic mass is 10.1. The number of hydrogen-bond acceptors (Lipinski definition) is 5. The minimum absolute atomic E-state index is 0.0727. The van der Waals surface area contributed by atoms with Crippen molar-refractivity contribution in [2.75, 3.05) is 5.32 Å². The molecule has 0 aliphatic carbocycles. The Hall–Kier alpha value is -3.58. The fraction of sp³-hybridized carbons (Fsp3) is 0.160. The van der Waals surface area contributed by atoms with Crippen LogP contribution in [0.3, 0.4) is 0 Å². The Labute approximate surface area is 190 Å². The van der Waals surface area contributed by atoms with Crippen LogP contribution in [0.4, 0.5) is 10.1 Å². The fourth-order valence-corrected chi connectivity index (χ4v) is 3.69. The van der Waals surface area contributed by atoms with Gasteiger partial charge in [0.1, 0.15) is 11.6 Å². The van der Waals surface area contributed by atoms with Crippen LogP contribution in [0.15, 0.2) is 66.7 Å². The highest BCUT2D eigenvalue weighted by Crippen LogP contribution is 2.24. The van der Waals surface area contributed by atoms with E-state index in [2.05, 4.69) is 14.7 Å². The molecule has 1 amide bonds. The monoisotopic (exact) mass is 447 g/mol. The first kappa shape index (κ1) is 21.6. The Bertz CT molecular complexity index is 1220. The first-order valence-electron chi connectivity index (χ1n) is 10.2. The lowest BCUT2D eigenvalue weighted by molar-refractivity contribution is -0.115. The molecule has 0 saturated heterocycles. The highest BCUT2D eigenvalue weighted by molar-refractivity contribution is 7.07. The summed E-state index contributed by atoms with van der Waals surface area (Å²) >= 11 is 1.16. The van der Waals surface area contributed by atoms with Crippen LogP contribution in [-0.4, -0.2) is 15.3 Å². The molecule has 0 aliphatic rings. The number of nitrogens with zero attached hydrogens (tertiary/aromatic N) is 2. The minimum atomic E-state index is -0.268. The topological polar surface area (TPSA) is 64.1 Å². The van der Waals surface area contributed by atoms with E-state index in [4.69, 9.17) is 4.74 Å². The van der Waals surface area contributed by atoms with Crippen LogP contribution in [0.1, 0.15) is 28.1 Å². The van der Waals surface area contributed by atoms with Gasteiger partial charge in [0.15, 0.2) is 5.82 Å². The number of carbonyl (C=O) groups excluding carboxylic acids is 1. The summed E-state index contributed by atoms with van der Waals surface area (Å²) in [7, 11) is 0. The van der Waals surface area contributed by atoms with Gasteiger partial charge in [-0.3, -0.25) is 4.79 Å². The van der Waals surface area contributed by atoms with Crippen LogP contribution in [-0.2, 0) is 17.6 Å². The van der Waals surface area contributed by atoms with Gasteiger partial charge in [-0.2, -0.15) is 9.36 Å². The second-order valence-corrected chi connectivity index (χ2v) is 8.26. The molecule has 0 unspecified atom stereocenters. The summed E-state index contributed by atoms with van der Waals surface area (Å²) in [5.74, 6) is 0.899. The Balaban J connectivity index is 1.31. The van der Waals surface area contributed by atoms with E-state index < -0.39 is 0 Å². The maximum atomic E-state index is 13.0. The molecular weight excluding hydrogens is 425 g/mol. The number of amides is 1. The zero-order valence-electron chi connectivity index (χ0n) is 17.8. The van der Waals surface area contributed by atoms with E-state index in [1.165, 1.54) is 17.7 Å². The van der Waals surface area contributed by atoms with E-state index >= 15 is 0 Å². The number of aromatic nitrogens is 2. The molecule has 7 heteroatoms. The molecule has 0 radical (unpaired) electrons. The zero-order valence-corrected chi connectivity index (χ0v) is 18.6. The van der Waals surface area contributed by atoms with Crippen molar-refractivity contribution in [3.05, 3.63) is 101 Å². The molecule has 3 aromatic carbocycles. The number of hydrogen-bond donors (Lipinski definition) is 1. The smallest absolute Gasteiger partial charge is 0.298 e. The van der Waals surface area contributed by atoms with Crippen molar-refractivity contribution in [2.45, 2.75) is 26.7 Å². The highest BCUT2D eigenvalue weighted by atomic mass is 32.1. The molecule has 0 bridgehead atoms. The van der Waals surface area contributed by atoms with Gasteiger partial charge in [0.05, 0.1) is 6.42 Å². The summed E-state index contributed by atoms with van der Waals surface area (Å²) in [6.07, 6.45) is 0.780. The molecule has 0 saturated carbocycles. The number of ether oxygens (including phenoxy) is 1. The van der Waals surface area contributed by atoms with Gasteiger partial charge in [-0.15, -0.1) is 0 Å². The third kappa shape index (κ3) is 5.76. The lowest BCUT2D eigenvalue weighted by Crippen LogP contribution is -2.14. The molecule has 1 N–H and O–H groups in total. The van der Waals surface area contributed by atoms with Crippen molar-refractivity contribution in [2.24, 2.45) is 0 Å². The molecule has 1 aromatic heterocycles. The first-order chi connectivity index (χ1) is 15.4. The maximum absolute atomic E-state index is 13.0. The van der Waals surface area contributed by atoms with Gasteiger partial charge in [-0.1, -0.05) is 30.3 Å². The number of anilines is 1. The van der Waals surface area contributed by atoms with Gasteiger partial charge in [-0.25, -0.2) is 4.39 Å². The average molecular weight is 448 g/mol. The molecule has 4 aromatic rings. The minimum Gasteiger partial charge on any atom is -0.430 e.